The zero-order valence-electron chi connectivity index (χ0n) is 16.6. The first-order chi connectivity index (χ1) is 14.4. The van der Waals surface area contributed by atoms with Gasteiger partial charge in [0.25, 0.3) is 0 Å². The van der Waals surface area contributed by atoms with Crippen LogP contribution in [0.5, 0.6) is 0 Å². The molecule has 0 heterocycles. The molecule has 142 valence electrons. The van der Waals surface area contributed by atoms with Crippen molar-refractivity contribution >= 4 is 23.2 Å². The van der Waals surface area contributed by atoms with Gasteiger partial charge in [-0.05, 0) is 54.5 Å². The molecule has 0 unspecified atom stereocenters. The first-order valence-electron chi connectivity index (χ1n) is 10.1. The lowest BCUT2D eigenvalue weighted by atomic mass is 10.1. The third kappa shape index (κ3) is 4.39. The van der Waals surface area contributed by atoms with Crippen molar-refractivity contribution in [3.63, 3.8) is 0 Å². The maximum absolute atomic E-state index is 2.35. The van der Waals surface area contributed by atoms with E-state index >= 15 is 0 Å². The van der Waals surface area contributed by atoms with E-state index in [9.17, 15) is 0 Å². The first-order valence-corrected chi connectivity index (χ1v) is 12.1. The van der Waals surface area contributed by atoms with Gasteiger partial charge in [-0.3, -0.25) is 0 Å². The second-order valence-electron chi connectivity index (χ2n) is 7.13. The molecule has 29 heavy (non-hydrogen) atoms. The van der Waals surface area contributed by atoms with Gasteiger partial charge in [0.15, 0.2) is 0 Å². The van der Waals surface area contributed by atoms with Crippen molar-refractivity contribution < 1.29 is 0 Å². The molecule has 0 N–H and O–H groups in total. The molecule has 0 aliphatic heterocycles. The molecule has 1 heteroatoms. The number of allylic oxidation sites excluding steroid dienone is 8. The fourth-order valence-electron chi connectivity index (χ4n) is 3.86. The fraction of sp³-hybridized carbons (Fsp3) is 0.0714. The Morgan fingerprint density at radius 3 is 1.52 bits per heavy atom. The standard InChI is InChI=1S/C28H26P/c1-5-15-25(16-6-1)17-13-14-24-29(26-18-7-2-8-19-26,27-20-9-3-10-21-27)28-22-11-4-12-23-28/h2-23H,1,24H2/q+1/b14-13+. The van der Waals surface area contributed by atoms with Gasteiger partial charge >= 0.3 is 0 Å². The van der Waals surface area contributed by atoms with Gasteiger partial charge in [0.05, 0.1) is 6.16 Å². The minimum Gasteiger partial charge on any atom is -0.0801 e. The molecule has 0 bridgehead atoms. The summed E-state index contributed by atoms with van der Waals surface area (Å²) in [6, 6.07) is 33.1. The summed E-state index contributed by atoms with van der Waals surface area (Å²) in [4.78, 5) is 0. The van der Waals surface area contributed by atoms with E-state index in [0.717, 1.165) is 12.6 Å². The average molecular weight is 393 g/mol. The van der Waals surface area contributed by atoms with E-state index in [4.69, 9.17) is 0 Å². The molecule has 0 radical (unpaired) electrons. The van der Waals surface area contributed by atoms with Crippen LogP contribution in [0, 0.1) is 0 Å². The van der Waals surface area contributed by atoms with E-state index in [-0.39, 0.29) is 0 Å². The lowest BCUT2D eigenvalue weighted by Gasteiger charge is -2.26. The summed E-state index contributed by atoms with van der Waals surface area (Å²) in [6.07, 6.45) is 17.6. The molecule has 0 spiro atoms. The second-order valence-corrected chi connectivity index (χ2v) is 10.7. The monoisotopic (exact) mass is 393 g/mol. The molecule has 0 saturated heterocycles. The van der Waals surface area contributed by atoms with E-state index in [1.165, 1.54) is 21.5 Å². The van der Waals surface area contributed by atoms with E-state index in [2.05, 4.69) is 134 Å². The minimum atomic E-state index is -1.78. The molecule has 0 fully saturated rings. The smallest absolute Gasteiger partial charge is 0.0801 e. The van der Waals surface area contributed by atoms with Crippen LogP contribution in [0.15, 0.2) is 139 Å². The molecule has 0 nitrogen and oxygen atoms in total. The van der Waals surface area contributed by atoms with E-state index in [1.54, 1.807) is 0 Å². The number of benzene rings is 3. The Balaban J connectivity index is 1.80. The molecule has 3 aromatic rings. The Morgan fingerprint density at radius 2 is 1.07 bits per heavy atom. The largest absolute Gasteiger partial charge is 0.115 e. The van der Waals surface area contributed by atoms with Gasteiger partial charge in [-0.1, -0.05) is 91.1 Å². The third-order valence-corrected chi connectivity index (χ3v) is 9.59. The maximum atomic E-state index is 2.35. The average Bonchev–Trinajstić information content (AvgIpc) is 2.82. The molecular formula is C28H26P+. The lowest BCUT2D eigenvalue weighted by molar-refractivity contribution is 1.34. The SMILES string of the molecule is C1=CC(=C/C=C/C[P+](c2ccccc2)(c2ccccc2)c2ccccc2)C=CC1. The highest BCUT2D eigenvalue weighted by Gasteiger charge is 2.43. The van der Waals surface area contributed by atoms with Crippen molar-refractivity contribution in [3.8, 4) is 0 Å². The highest BCUT2D eigenvalue weighted by Crippen LogP contribution is 2.55. The summed E-state index contributed by atoms with van der Waals surface area (Å²) in [5.74, 6) is 0. The summed E-state index contributed by atoms with van der Waals surface area (Å²) in [5.41, 5.74) is 1.26. The van der Waals surface area contributed by atoms with Crippen molar-refractivity contribution in [3.05, 3.63) is 139 Å². The Labute approximate surface area is 175 Å². The van der Waals surface area contributed by atoms with Crippen molar-refractivity contribution in [1.29, 1.82) is 0 Å². The van der Waals surface area contributed by atoms with E-state index in [0.29, 0.717) is 0 Å². The molecular weight excluding hydrogens is 367 g/mol. The number of hydrogen-bond donors (Lipinski definition) is 0. The van der Waals surface area contributed by atoms with Crippen LogP contribution in [0.25, 0.3) is 0 Å². The summed E-state index contributed by atoms with van der Waals surface area (Å²) < 4.78 is 0. The van der Waals surface area contributed by atoms with Crippen molar-refractivity contribution in [2.45, 2.75) is 6.42 Å². The van der Waals surface area contributed by atoms with Gasteiger partial charge in [-0.15, -0.1) is 0 Å². The number of hydrogen-bond acceptors (Lipinski definition) is 0. The van der Waals surface area contributed by atoms with Crippen LogP contribution in [0.4, 0.5) is 0 Å². The lowest BCUT2D eigenvalue weighted by Crippen LogP contribution is -2.32. The molecule has 4 rings (SSSR count). The van der Waals surface area contributed by atoms with Gasteiger partial charge in [-0.25, -0.2) is 0 Å². The highest BCUT2D eigenvalue weighted by atomic mass is 31.2. The molecule has 1 aliphatic rings. The van der Waals surface area contributed by atoms with Crippen LogP contribution >= 0.6 is 7.26 Å². The topological polar surface area (TPSA) is 0 Å². The summed E-state index contributed by atoms with van der Waals surface area (Å²) >= 11 is 0. The van der Waals surface area contributed by atoms with Crippen LogP contribution in [0.1, 0.15) is 6.42 Å². The first kappa shape index (κ1) is 19.4. The van der Waals surface area contributed by atoms with E-state index < -0.39 is 7.26 Å². The van der Waals surface area contributed by atoms with Gasteiger partial charge in [0.2, 0.25) is 0 Å². The fourth-order valence-corrected chi connectivity index (χ4v) is 7.87. The molecule has 1 aliphatic carbocycles. The van der Waals surface area contributed by atoms with Crippen LogP contribution in [-0.2, 0) is 0 Å². The zero-order chi connectivity index (χ0) is 19.8. The van der Waals surface area contributed by atoms with Crippen LogP contribution in [-0.4, -0.2) is 6.16 Å². The predicted molar refractivity (Wildman–Crippen MR) is 130 cm³/mol. The minimum absolute atomic E-state index is 1.00. The Morgan fingerprint density at radius 1 is 0.621 bits per heavy atom. The quantitative estimate of drug-likeness (QED) is 0.452. The molecule has 0 saturated carbocycles. The van der Waals surface area contributed by atoms with Crippen molar-refractivity contribution in [2.75, 3.05) is 6.16 Å². The van der Waals surface area contributed by atoms with E-state index in [1.807, 2.05) is 0 Å². The van der Waals surface area contributed by atoms with Gasteiger partial charge < -0.3 is 0 Å². The molecule has 0 aromatic heterocycles. The zero-order valence-corrected chi connectivity index (χ0v) is 17.5. The summed E-state index contributed by atoms with van der Waals surface area (Å²) in [7, 11) is -1.78. The van der Waals surface area contributed by atoms with Gasteiger partial charge in [-0.2, -0.15) is 0 Å². The molecule has 0 amide bonds. The Bertz CT molecular complexity index is 915. The summed E-state index contributed by atoms with van der Waals surface area (Å²) in [5, 5.41) is 4.27. The Hall–Kier alpha value is -2.95. The van der Waals surface area contributed by atoms with Gasteiger partial charge in [0.1, 0.15) is 23.2 Å². The number of rotatable bonds is 6. The molecule has 3 aromatic carbocycles. The predicted octanol–water partition coefficient (Wildman–Crippen LogP) is 5.98. The maximum Gasteiger partial charge on any atom is 0.115 e. The normalized spacial score (nSPS) is 13.7. The van der Waals surface area contributed by atoms with Crippen LogP contribution < -0.4 is 15.9 Å². The van der Waals surface area contributed by atoms with Crippen molar-refractivity contribution in [1.82, 2.24) is 0 Å². The summed E-state index contributed by atoms with van der Waals surface area (Å²) in [6.45, 7) is 0. The van der Waals surface area contributed by atoms with Crippen LogP contribution in [0.2, 0.25) is 0 Å². The molecule has 0 atom stereocenters. The van der Waals surface area contributed by atoms with Crippen LogP contribution in [0.3, 0.4) is 0 Å². The third-order valence-electron chi connectivity index (χ3n) is 5.29. The highest BCUT2D eigenvalue weighted by molar-refractivity contribution is 7.95. The van der Waals surface area contributed by atoms with Crippen molar-refractivity contribution in [2.24, 2.45) is 0 Å². The second kappa shape index (κ2) is 9.50. The Kier molecular flexibility index (Phi) is 6.35. The van der Waals surface area contributed by atoms with Gasteiger partial charge in [0, 0.05) is 0 Å².